The average molecular weight is 386 g/mol. The number of thioether (sulfide) groups is 1. The Bertz CT molecular complexity index is 979. The first-order valence-electron chi connectivity index (χ1n) is 8.53. The lowest BCUT2D eigenvalue weighted by molar-refractivity contribution is 0.141. The maximum Gasteiger partial charge on any atom is 0.146 e. The van der Waals surface area contributed by atoms with E-state index in [2.05, 4.69) is 15.3 Å². The van der Waals surface area contributed by atoms with Crippen LogP contribution in [0.5, 0.6) is 5.75 Å². The van der Waals surface area contributed by atoms with E-state index in [9.17, 15) is 4.39 Å². The van der Waals surface area contributed by atoms with Crippen molar-refractivity contribution in [2.24, 2.45) is 0 Å². The molecule has 0 unspecified atom stereocenters. The molecule has 27 heavy (non-hydrogen) atoms. The lowest BCUT2D eigenvalue weighted by Gasteiger charge is -2.17. The molecule has 1 aromatic heterocycles. The van der Waals surface area contributed by atoms with Crippen LogP contribution < -0.4 is 15.8 Å². The first-order chi connectivity index (χ1) is 13.1. The molecule has 0 amide bonds. The standard InChI is InChI=1S/C19H19FN4O2S/c1-27-17-8-12(21)7-15-18(17)19(23-10-22-15)24-14-3-2-11(20)6-16(14)26-13-4-5-25-9-13/h2-3,6-8,10,13H,4-5,9,21H2,1H3,(H,22,23,24)/t13-/m0/s1. The van der Waals surface area contributed by atoms with Crippen LogP contribution in [0.2, 0.25) is 0 Å². The summed E-state index contributed by atoms with van der Waals surface area (Å²) >= 11 is 1.56. The number of anilines is 3. The van der Waals surface area contributed by atoms with E-state index in [0.717, 1.165) is 22.2 Å². The molecule has 0 radical (unpaired) electrons. The molecule has 0 bridgehead atoms. The topological polar surface area (TPSA) is 82.3 Å². The van der Waals surface area contributed by atoms with E-state index in [-0.39, 0.29) is 11.9 Å². The van der Waals surface area contributed by atoms with Crippen LogP contribution in [0.1, 0.15) is 6.42 Å². The Labute approximate surface area is 160 Å². The van der Waals surface area contributed by atoms with Crippen LogP contribution in [-0.4, -0.2) is 35.5 Å². The van der Waals surface area contributed by atoms with Crippen molar-refractivity contribution >= 4 is 39.9 Å². The zero-order valence-electron chi connectivity index (χ0n) is 14.7. The Balaban J connectivity index is 1.74. The zero-order chi connectivity index (χ0) is 18.8. The fourth-order valence-electron chi connectivity index (χ4n) is 3.04. The number of nitrogens with one attached hydrogen (secondary N) is 1. The highest BCUT2D eigenvalue weighted by molar-refractivity contribution is 7.98. The number of halogens is 1. The molecule has 0 spiro atoms. The van der Waals surface area contributed by atoms with E-state index >= 15 is 0 Å². The minimum absolute atomic E-state index is 0.0870. The molecule has 1 fully saturated rings. The van der Waals surface area contributed by atoms with Crippen molar-refractivity contribution < 1.29 is 13.9 Å². The minimum Gasteiger partial charge on any atom is -0.486 e. The summed E-state index contributed by atoms with van der Waals surface area (Å²) < 4.78 is 25.1. The van der Waals surface area contributed by atoms with Gasteiger partial charge < -0.3 is 20.5 Å². The smallest absolute Gasteiger partial charge is 0.146 e. The van der Waals surface area contributed by atoms with Gasteiger partial charge in [0.2, 0.25) is 0 Å². The van der Waals surface area contributed by atoms with Crippen molar-refractivity contribution in [3.8, 4) is 5.75 Å². The highest BCUT2D eigenvalue weighted by atomic mass is 32.2. The van der Waals surface area contributed by atoms with Gasteiger partial charge >= 0.3 is 0 Å². The maximum atomic E-state index is 13.8. The van der Waals surface area contributed by atoms with E-state index in [4.69, 9.17) is 15.2 Å². The number of aromatic nitrogens is 2. The summed E-state index contributed by atoms with van der Waals surface area (Å²) in [5, 5.41) is 4.13. The van der Waals surface area contributed by atoms with Gasteiger partial charge in [-0.15, -0.1) is 11.8 Å². The molecule has 1 atom stereocenters. The number of hydrogen-bond acceptors (Lipinski definition) is 7. The van der Waals surface area contributed by atoms with Gasteiger partial charge in [-0.25, -0.2) is 14.4 Å². The number of nitrogens with zero attached hydrogens (tertiary/aromatic N) is 2. The number of nitrogens with two attached hydrogens (primary N) is 1. The highest BCUT2D eigenvalue weighted by Gasteiger charge is 2.20. The van der Waals surface area contributed by atoms with Crippen LogP contribution in [0.4, 0.5) is 21.6 Å². The Hall–Kier alpha value is -2.58. The van der Waals surface area contributed by atoms with E-state index in [1.807, 2.05) is 12.3 Å². The van der Waals surface area contributed by atoms with Gasteiger partial charge in [0.15, 0.2) is 0 Å². The van der Waals surface area contributed by atoms with E-state index in [1.165, 1.54) is 18.5 Å². The van der Waals surface area contributed by atoms with E-state index in [1.54, 1.807) is 23.9 Å². The Kier molecular flexibility index (Phi) is 5.00. The van der Waals surface area contributed by atoms with Gasteiger partial charge in [-0.2, -0.15) is 0 Å². The molecule has 1 aliphatic rings. The lowest BCUT2D eigenvalue weighted by atomic mass is 10.2. The predicted octanol–water partition coefficient (Wildman–Crippen LogP) is 3.98. The maximum absolute atomic E-state index is 13.8. The fourth-order valence-corrected chi connectivity index (χ4v) is 3.70. The van der Waals surface area contributed by atoms with Crippen LogP contribution in [0.25, 0.3) is 10.9 Å². The number of benzene rings is 2. The first kappa shape index (κ1) is 17.8. The molecule has 1 aliphatic heterocycles. The van der Waals surface area contributed by atoms with Crippen molar-refractivity contribution in [2.75, 3.05) is 30.5 Å². The third kappa shape index (κ3) is 3.77. The van der Waals surface area contributed by atoms with Gasteiger partial charge in [-0.1, -0.05) is 0 Å². The van der Waals surface area contributed by atoms with Crippen LogP contribution >= 0.6 is 11.8 Å². The Morgan fingerprint density at radius 3 is 2.96 bits per heavy atom. The highest BCUT2D eigenvalue weighted by Crippen LogP contribution is 2.36. The first-order valence-corrected chi connectivity index (χ1v) is 9.75. The quantitative estimate of drug-likeness (QED) is 0.507. The van der Waals surface area contributed by atoms with Gasteiger partial charge in [0.25, 0.3) is 0 Å². The summed E-state index contributed by atoms with van der Waals surface area (Å²) in [5.41, 5.74) is 7.98. The van der Waals surface area contributed by atoms with Crippen molar-refractivity contribution in [1.82, 2.24) is 9.97 Å². The number of rotatable bonds is 5. The van der Waals surface area contributed by atoms with Crippen molar-refractivity contribution in [3.63, 3.8) is 0 Å². The van der Waals surface area contributed by atoms with Gasteiger partial charge in [-0.3, -0.25) is 0 Å². The molecule has 140 valence electrons. The van der Waals surface area contributed by atoms with Crippen molar-refractivity contribution in [3.05, 3.63) is 42.5 Å². The molecule has 3 N–H and O–H groups in total. The summed E-state index contributed by atoms with van der Waals surface area (Å²) in [6.45, 7) is 1.15. The Morgan fingerprint density at radius 1 is 1.30 bits per heavy atom. The fraction of sp³-hybridized carbons (Fsp3) is 0.263. The summed E-state index contributed by atoms with van der Waals surface area (Å²) in [6.07, 6.45) is 4.14. The summed E-state index contributed by atoms with van der Waals surface area (Å²) in [6, 6.07) is 8.10. The molecule has 3 aromatic rings. The molecule has 6 nitrogen and oxygen atoms in total. The van der Waals surface area contributed by atoms with Crippen LogP contribution in [-0.2, 0) is 4.74 Å². The summed E-state index contributed by atoms with van der Waals surface area (Å²) in [5.74, 6) is 0.682. The average Bonchev–Trinajstić information content (AvgIpc) is 3.16. The summed E-state index contributed by atoms with van der Waals surface area (Å²) in [4.78, 5) is 9.67. The number of ether oxygens (including phenoxy) is 2. The lowest BCUT2D eigenvalue weighted by Crippen LogP contribution is -2.16. The van der Waals surface area contributed by atoms with Crippen LogP contribution in [0.3, 0.4) is 0 Å². The largest absolute Gasteiger partial charge is 0.486 e. The van der Waals surface area contributed by atoms with Crippen LogP contribution in [0, 0.1) is 5.82 Å². The second-order valence-corrected chi connectivity index (χ2v) is 7.06. The molecular weight excluding hydrogens is 367 g/mol. The van der Waals surface area contributed by atoms with Gasteiger partial charge in [0.1, 0.15) is 29.8 Å². The normalized spacial score (nSPS) is 16.6. The molecule has 2 heterocycles. The van der Waals surface area contributed by atoms with Gasteiger partial charge in [0, 0.05) is 23.1 Å². The molecule has 4 rings (SSSR count). The number of hydrogen-bond donors (Lipinski definition) is 2. The Morgan fingerprint density at radius 2 is 2.19 bits per heavy atom. The van der Waals surface area contributed by atoms with Crippen LogP contribution in [0.15, 0.2) is 41.6 Å². The third-order valence-electron chi connectivity index (χ3n) is 4.32. The van der Waals surface area contributed by atoms with E-state index < -0.39 is 0 Å². The SMILES string of the molecule is CSc1cc(N)cc2ncnc(Nc3ccc(F)cc3O[C@H]3CCOC3)c12. The third-order valence-corrected chi connectivity index (χ3v) is 5.08. The second-order valence-electron chi connectivity index (χ2n) is 6.21. The van der Waals surface area contributed by atoms with E-state index in [0.29, 0.717) is 36.2 Å². The van der Waals surface area contributed by atoms with Gasteiger partial charge in [-0.05, 0) is 30.5 Å². The molecular formula is C19H19FN4O2S. The summed E-state index contributed by atoms with van der Waals surface area (Å²) in [7, 11) is 0. The molecule has 0 saturated carbocycles. The van der Waals surface area contributed by atoms with Crippen molar-refractivity contribution in [2.45, 2.75) is 17.4 Å². The predicted molar refractivity (Wildman–Crippen MR) is 105 cm³/mol. The number of nitrogen functional groups attached to an aromatic ring is 1. The molecule has 8 heteroatoms. The van der Waals surface area contributed by atoms with Gasteiger partial charge in [0.05, 0.1) is 29.8 Å². The molecule has 2 aromatic carbocycles. The second kappa shape index (κ2) is 7.58. The molecule has 0 aliphatic carbocycles. The number of fused-ring (bicyclic) bond motifs is 1. The van der Waals surface area contributed by atoms with Crippen molar-refractivity contribution in [1.29, 1.82) is 0 Å². The zero-order valence-corrected chi connectivity index (χ0v) is 15.6. The molecule has 1 saturated heterocycles. The monoisotopic (exact) mass is 386 g/mol. The minimum atomic E-state index is -0.361.